The number of nitrogens with two attached hydrogens (primary N) is 2. The first-order chi connectivity index (χ1) is 6.70. The van der Waals surface area contributed by atoms with E-state index in [9.17, 15) is 4.79 Å². The summed E-state index contributed by atoms with van der Waals surface area (Å²) in [4.78, 5) is 18.3. The van der Waals surface area contributed by atoms with E-state index in [1.807, 2.05) is 0 Å². The fourth-order valence-corrected chi connectivity index (χ4v) is 0.879. The molecular weight excluding hydrogens is 182 g/mol. The SMILES string of the molecule is NC(=O)C(N)CNCc1ccncn1. The number of amides is 1. The monoisotopic (exact) mass is 195 g/mol. The van der Waals surface area contributed by atoms with Gasteiger partial charge in [0, 0.05) is 19.3 Å². The van der Waals surface area contributed by atoms with Crippen LogP contribution in [0.1, 0.15) is 5.69 Å². The van der Waals surface area contributed by atoms with E-state index in [0.717, 1.165) is 5.69 Å². The fraction of sp³-hybridized carbons (Fsp3) is 0.375. The molecule has 1 aromatic heterocycles. The summed E-state index contributed by atoms with van der Waals surface area (Å²) < 4.78 is 0. The van der Waals surface area contributed by atoms with Crippen molar-refractivity contribution in [3.8, 4) is 0 Å². The van der Waals surface area contributed by atoms with Crippen LogP contribution in [0.25, 0.3) is 0 Å². The van der Waals surface area contributed by atoms with Crippen LogP contribution in [0, 0.1) is 0 Å². The minimum atomic E-state index is -0.656. The molecule has 0 aliphatic heterocycles. The molecule has 0 fully saturated rings. The smallest absolute Gasteiger partial charge is 0.235 e. The van der Waals surface area contributed by atoms with Crippen molar-refractivity contribution in [3.05, 3.63) is 24.3 Å². The number of nitrogens with zero attached hydrogens (tertiary/aromatic N) is 2. The van der Waals surface area contributed by atoms with Gasteiger partial charge in [-0.1, -0.05) is 0 Å². The summed E-state index contributed by atoms with van der Waals surface area (Å²) in [5.74, 6) is -0.514. The van der Waals surface area contributed by atoms with Crippen molar-refractivity contribution in [2.45, 2.75) is 12.6 Å². The first kappa shape index (κ1) is 10.6. The molecular formula is C8H13N5O. The van der Waals surface area contributed by atoms with E-state index in [1.165, 1.54) is 6.33 Å². The van der Waals surface area contributed by atoms with Crippen LogP contribution in [-0.2, 0) is 11.3 Å². The summed E-state index contributed by atoms with van der Waals surface area (Å²) >= 11 is 0. The third-order valence-electron chi connectivity index (χ3n) is 1.68. The Morgan fingerprint density at radius 3 is 3.00 bits per heavy atom. The Balaban J connectivity index is 2.26. The van der Waals surface area contributed by atoms with E-state index in [4.69, 9.17) is 11.5 Å². The molecule has 6 heteroatoms. The van der Waals surface area contributed by atoms with Crippen molar-refractivity contribution in [3.63, 3.8) is 0 Å². The molecule has 6 nitrogen and oxygen atoms in total. The number of aromatic nitrogens is 2. The molecule has 1 unspecified atom stereocenters. The maximum absolute atomic E-state index is 10.6. The van der Waals surface area contributed by atoms with Crippen LogP contribution in [-0.4, -0.2) is 28.5 Å². The molecule has 5 N–H and O–H groups in total. The van der Waals surface area contributed by atoms with Crippen molar-refractivity contribution in [1.82, 2.24) is 15.3 Å². The Hall–Kier alpha value is -1.53. The van der Waals surface area contributed by atoms with Crippen molar-refractivity contribution in [2.24, 2.45) is 11.5 Å². The lowest BCUT2D eigenvalue weighted by Gasteiger charge is -2.08. The number of hydrogen-bond acceptors (Lipinski definition) is 5. The quantitative estimate of drug-likeness (QED) is 0.523. The molecule has 0 radical (unpaired) electrons. The molecule has 76 valence electrons. The van der Waals surface area contributed by atoms with Crippen LogP contribution in [0.3, 0.4) is 0 Å². The normalized spacial score (nSPS) is 12.4. The maximum atomic E-state index is 10.6. The molecule has 1 atom stereocenters. The Morgan fingerprint density at radius 1 is 1.64 bits per heavy atom. The predicted molar refractivity (Wildman–Crippen MR) is 50.9 cm³/mol. The Morgan fingerprint density at radius 2 is 2.43 bits per heavy atom. The lowest BCUT2D eigenvalue weighted by molar-refractivity contribution is -0.119. The van der Waals surface area contributed by atoms with E-state index < -0.39 is 11.9 Å². The average Bonchev–Trinajstić information content (AvgIpc) is 2.19. The number of rotatable bonds is 5. The van der Waals surface area contributed by atoms with Crippen LogP contribution in [0.4, 0.5) is 0 Å². The van der Waals surface area contributed by atoms with E-state index >= 15 is 0 Å². The van der Waals surface area contributed by atoms with Gasteiger partial charge < -0.3 is 16.8 Å². The molecule has 0 aliphatic carbocycles. The van der Waals surface area contributed by atoms with Crippen molar-refractivity contribution in [2.75, 3.05) is 6.54 Å². The van der Waals surface area contributed by atoms with Gasteiger partial charge in [0.25, 0.3) is 0 Å². The van der Waals surface area contributed by atoms with Gasteiger partial charge in [0.15, 0.2) is 0 Å². The summed E-state index contributed by atoms with van der Waals surface area (Å²) in [5.41, 5.74) is 11.2. The van der Waals surface area contributed by atoms with Gasteiger partial charge in [-0.2, -0.15) is 0 Å². The molecule has 1 amide bonds. The second kappa shape index (κ2) is 5.25. The van der Waals surface area contributed by atoms with Crippen molar-refractivity contribution in [1.29, 1.82) is 0 Å². The van der Waals surface area contributed by atoms with E-state index in [2.05, 4.69) is 15.3 Å². The fourth-order valence-electron chi connectivity index (χ4n) is 0.879. The Bertz CT molecular complexity index is 289. The zero-order chi connectivity index (χ0) is 10.4. The number of primary amides is 1. The topological polar surface area (TPSA) is 107 Å². The van der Waals surface area contributed by atoms with Crippen molar-refractivity contribution < 1.29 is 4.79 Å². The molecule has 0 spiro atoms. The number of hydrogen-bond donors (Lipinski definition) is 3. The maximum Gasteiger partial charge on any atom is 0.235 e. The molecule has 0 bridgehead atoms. The molecule has 0 aromatic carbocycles. The summed E-state index contributed by atoms with van der Waals surface area (Å²) in [5, 5.41) is 2.97. The standard InChI is InChI=1S/C8H13N5O/c9-7(8(10)14)4-12-3-6-1-2-11-5-13-6/h1-2,5,7,12H,3-4,9H2,(H2,10,14). The average molecular weight is 195 g/mol. The molecule has 1 aromatic rings. The van der Waals surface area contributed by atoms with Crippen LogP contribution in [0.5, 0.6) is 0 Å². The number of nitrogens with one attached hydrogen (secondary N) is 1. The van der Waals surface area contributed by atoms with Crippen molar-refractivity contribution >= 4 is 5.91 Å². The van der Waals surface area contributed by atoms with Gasteiger partial charge in [-0.05, 0) is 6.07 Å². The Labute approximate surface area is 81.7 Å². The third kappa shape index (κ3) is 3.46. The first-order valence-corrected chi connectivity index (χ1v) is 4.20. The lowest BCUT2D eigenvalue weighted by Crippen LogP contribution is -2.44. The minimum Gasteiger partial charge on any atom is -0.368 e. The second-order valence-corrected chi connectivity index (χ2v) is 2.84. The van der Waals surface area contributed by atoms with Crippen LogP contribution in [0.15, 0.2) is 18.6 Å². The summed E-state index contributed by atoms with van der Waals surface area (Å²) in [7, 11) is 0. The predicted octanol–water partition coefficient (Wildman–Crippen LogP) is -1.62. The van der Waals surface area contributed by atoms with E-state index in [-0.39, 0.29) is 0 Å². The van der Waals surface area contributed by atoms with E-state index in [1.54, 1.807) is 12.3 Å². The molecule has 0 aliphatic rings. The van der Waals surface area contributed by atoms with Gasteiger partial charge in [-0.25, -0.2) is 9.97 Å². The first-order valence-electron chi connectivity index (χ1n) is 4.20. The molecule has 1 rings (SSSR count). The highest BCUT2D eigenvalue weighted by Crippen LogP contribution is 1.89. The Kier molecular flexibility index (Phi) is 3.96. The van der Waals surface area contributed by atoms with Crippen LogP contribution in [0.2, 0.25) is 0 Å². The number of carbonyl (C=O) groups excluding carboxylic acids is 1. The van der Waals surface area contributed by atoms with Gasteiger partial charge in [0.2, 0.25) is 5.91 Å². The van der Waals surface area contributed by atoms with Crippen LogP contribution >= 0.6 is 0 Å². The van der Waals surface area contributed by atoms with E-state index in [0.29, 0.717) is 13.1 Å². The van der Waals surface area contributed by atoms with Gasteiger partial charge in [0.1, 0.15) is 6.33 Å². The summed E-state index contributed by atoms with van der Waals surface area (Å²) in [6.07, 6.45) is 3.11. The zero-order valence-corrected chi connectivity index (χ0v) is 7.68. The third-order valence-corrected chi connectivity index (χ3v) is 1.68. The highest BCUT2D eigenvalue weighted by atomic mass is 16.1. The second-order valence-electron chi connectivity index (χ2n) is 2.84. The van der Waals surface area contributed by atoms with Gasteiger partial charge in [0.05, 0.1) is 11.7 Å². The molecule has 14 heavy (non-hydrogen) atoms. The molecule has 0 saturated heterocycles. The van der Waals surface area contributed by atoms with Gasteiger partial charge in [-0.3, -0.25) is 4.79 Å². The van der Waals surface area contributed by atoms with Gasteiger partial charge in [-0.15, -0.1) is 0 Å². The number of carbonyl (C=O) groups is 1. The molecule has 1 heterocycles. The minimum absolute atomic E-state index is 0.347. The zero-order valence-electron chi connectivity index (χ0n) is 7.68. The van der Waals surface area contributed by atoms with Gasteiger partial charge >= 0.3 is 0 Å². The van der Waals surface area contributed by atoms with Crippen LogP contribution < -0.4 is 16.8 Å². The summed E-state index contributed by atoms with van der Waals surface area (Å²) in [6, 6.07) is 1.12. The highest BCUT2D eigenvalue weighted by Gasteiger charge is 2.07. The highest BCUT2D eigenvalue weighted by molar-refractivity contribution is 5.79. The lowest BCUT2D eigenvalue weighted by atomic mass is 10.3. The molecule has 0 saturated carbocycles. The summed E-state index contributed by atoms with van der Waals surface area (Å²) in [6.45, 7) is 0.892. The largest absolute Gasteiger partial charge is 0.368 e.